The Balaban J connectivity index is 1.39. The first-order valence-electron chi connectivity index (χ1n) is 8.16. The van der Waals surface area contributed by atoms with E-state index in [0.29, 0.717) is 23.8 Å². The number of carbonyl (C=O) groups excluding carboxylic acids is 3. The van der Waals surface area contributed by atoms with Crippen molar-refractivity contribution >= 4 is 17.8 Å². The fourth-order valence-corrected chi connectivity index (χ4v) is 3.87. The molecule has 2 bridgehead atoms. The molecule has 2 fully saturated rings. The Morgan fingerprint density at radius 1 is 1.09 bits per heavy atom. The van der Waals surface area contributed by atoms with Crippen molar-refractivity contribution < 1.29 is 19.1 Å². The number of esters is 1. The summed E-state index contributed by atoms with van der Waals surface area (Å²) < 4.78 is 5.01. The third kappa shape index (κ3) is 3.97. The molecule has 122 valence electrons. The van der Waals surface area contributed by atoms with Crippen LogP contribution in [0, 0.1) is 17.8 Å². The molecule has 2 aliphatic carbocycles. The summed E-state index contributed by atoms with van der Waals surface area (Å²) in [7, 11) is 0. The lowest BCUT2D eigenvalue weighted by molar-refractivity contribution is -0.149. The minimum absolute atomic E-state index is 0.343. The third-order valence-corrected chi connectivity index (χ3v) is 4.97. The maximum atomic E-state index is 11.8. The number of amides is 2. The molecule has 3 atom stereocenters. The first-order valence-corrected chi connectivity index (χ1v) is 8.16. The topological polar surface area (TPSA) is 72.5 Å². The minimum atomic E-state index is -0.597. The molecule has 0 aliphatic heterocycles. The van der Waals surface area contributed by atoms with Crippen LogP contribution >= 0.6 is 0 Å². The van der Waals surface area contributed by atoms with Crippen LogP contribution in [0.3, 0.4) is 0 Å². The van der Waals surface area contributed by atoms with Gasteiger partial charge in [-0.2, -0.15) is 0 Å². The molecule has 1 aromatic carbocycles. The van der Waals surface area contributed by atoms with Gasteiger partial charge in [-0.3, -0.25) is 19.7 Å². The molecule has 1 aromatic rings. The first-order chi connectivity index (χ1) is 11.1. The van der Waals surface area contributed by atoms with E-state index in [2.05, 4.69) is 5.32 Å². The Bertz CT molecular complexity index is 598. The summed E-state index contributed by atoms with van der Waals surface area (Å²) >= 11 is 0. The SMILES string of the molecule is O=C(COC(=O)C[C@H]1C[C@@H]2CC[C@@H]1C2)NC(=O)c1ccccc1. The van der Waals surface area contributed by atoms with E-state index in [-0.39, 0.29) is 5.97 Å². The summed E-state index contributed by atoms with van der Waals surface area (Å²) in [4.78, 5) is 35.3. The lowest BCUT2D eigenvalue weighted by Gasteiger charge is -2.20. The molecule has 0 unspecified atom stereocenters. The van der Waals surface area contributed by atoms with Crippen LogP contribution in [0.2, 0.25) is 0 Å². The van der Waals surface area contributed by atoms with Crippen molar-refractivity contribution in [3.8, 4) is 0 Å². The highest BCUT2D eigenvalue weighted by Crippen LogP contribution is 2.49. The van der Waals surface area contributed by atoms with E-state index in [9.17, 15) is 14.4 Å². The van der Waals surface area contributed by atoms with Gasteiger partial charge in [0.2, 0.25) is 0 Å². The molecule has 0 heterocycles. The van der Waals surface area contributed by atoms with Crippen LogP contribution in [0.25, 0.3) is 0 Å². The van der Waals surface area contributed by atoms with E-state index in [1.807, 2.05) is 0 Å². The molecule has 0 spiro atoms. The van der Waals surface area contributed by atoms with Crippen LogP contribution in [0.5, 0.6) is 0 Å². The normalized spacial score (nSPS) is 25.1. The molecule has 2 aliphatic rings. The van der Waals surface area contributed by atoms with E-state index in [4.69, 9.17) is 4.74 Å². The Labute approximate surface area is 135 Å². The number of rotatable bonds is 5. The monoisotopic (exact) mass is 315 g/mol. The Kier molecular flexibility index (Phi) is 4.74. The number of hydrogen-bond acceptors (Lipinski definition) is 4. The summed E-state index contributed by atoms with van der Waals surface area (Å²) in [5.41, 5.74) is 0.397. The molecule has 3 rings (SSSR count). The molecule has 23 heavy (non-hydrogen) atoms. The molecule has 5 heteroatoms. The maximum Gasteiger partial charge on any atom is 0.306 e. The van der Waals surface area contributed by atoms with E-state index in [1.54, 1.807) is 30.3 Å². The highest BCUT2D eigenvalue weighted by Gasteiger charge is 2.40. The van der Waals surface area contributed by atoms with Crippen molar-refractivity contribution in [2.45, 2.75) is 32.1 Å². The Hall–Kier alpha value is -2.17. The zero-order valence-corrected chi connectivity index (χ0v) is 13.0. The lowest BCUT2D eigenvalue weighted by atomic mass is 9.86. The number of benzene rings is 1. The fraction of sp³-hybridized carbons (Fsp3) is 0.500. The summed E-state index contributed by atoms with van der Waals surface area (Å²) in [6, 6.07) is 8.45. The van der Waals surface area contributed by atoms with Gasteiger partial charge >= 0.3 is 5.97 Å². The second-order valence-corrected chi connectivity index (χ2v) is 6.54. The van der Waals surface area contributed by atoms with E-state index in [1.165, 1.54) is 19.3 Å². The quantitative estimate of drug-likeness (QED) is 0.846. The zero-order chi connectivity index (χ0) is 16.2. The van der Waals surface area contributed by atoms with Crippen LogP contribution in [0.15, 0.2) is 30.3 Å². The maximum absolute atomic E-state index is 11.8. The number of fused-ring (bicyclic) bond motifs is 2. The average molecular weight is 315 g/mol. The molecule has 0 aromatic heterocycles. The van der Waals surface area contributed by atoms with Gasteiger partial charge < -0.3 is 4.74 Å². The van der Waals surface area contributed by atoms with Crippen molar-refractivity contribution in [3.63, 3.8) is 0 Å². The number of carbonyl (C=O) groups is 3. The molecule has 5 nitrogen and oxygen atoms in total. The molecule has 0 radical (unpaired) electrons. The van der Waals surface area contributed by atoms with Gasteiger partial charge in [-0.05, 0) is 49.1 Å². The summed E-state index contributed by atoms with van der Waals surface area (Å²) in [5, 5.41) is 2.22. The van der Waals surface area contributed by atoms with Gasteiger partial charge in [-0.25, -0.2) is 0 Å². The second-order valence-electron chi connectivity index (χ2n) is 6.54. The summed E-state index contributed by atoms with van der Waals surface area (Å²) in [6.45, 7) is -0.405. The largest absolute Gasteiger partial charge is 0.456 e. The van der Waals surface area contributed by atoms with Gasteiger partial charge in [0.15, 0.2) is 6.61 Å². The molecular formula is C18H21NO4. The van der Waals surface area contributed by atoms with Crippen molar-refractivity contribution in [3.05, 3.63) is 35.9 Å². The molecule has 2 saturated carbocycles. The van der Waals surface area contributed by atoms with Crippen LogP contribution in [0.4, 0.5) is 0 Å². The van der Waals surface area contributed by atoms with Crippen LogP contribution in [-0.2, 0) is 14.3 Å². The van der Waals surface area contributed by atoms with Gasteiger partial charge in [0, 0.05) is 12.0 Å². The zero-order valence-electron chi connectivity index (χ0n) is 13.0. The first kappa shape index (κ1) is 15.7. The average Bonchev–Trinajstić information content (AvgIpc) is 3.16. The van der Waals surface area contributed by atoms with Crippen molar-refractivity contribution in [1.82, 2.24) is 5.32 Å². The van der Waals surface area contributed by atoms with Gasteiger partial charge in [-0.1, -0.05) is 24.6 Å². The lowest BCUT2D eigenvalue weighted by Crippen LogP contribution is -2.34. The summed E-state index contributed by atoms with van der Waals surface area (Å²) in [6.07, 6.45) is 5.25. The highest BCUT2D eigenvalue weighted by atomic mass is 16.5. The van der Waals surface area contributed by atoms with E-state index in [0.717, 1.165) is 12.3 Å². The summed E-state index contributed by atoms with van der Waals surface area (Å²) in [5.74, 6) is 0.422. The Morgan fingerprint density at radius 3 is 2.52 bits per heavy atom. The standard InChI is InChI=1S/C18H21NO4/c20-16(19-18(22)13-4-2-1-3-5-13)11-23-17(21)10-15-9-12-6-7-14(15)8-12/h1-5,12,14-15H,6-11H2,(H,19,20,22)/t12-,14-,15-/m1/s1. The number of imide groups is 1. The van der Waals surface area contributed by atoms with Gasteiger partial charge in [0.1, 0.15) is 0 Å². The number of hydrogen-bond donors (Lipinski definition) is 1. The molecule has 1 N–H and O–H groups in total. The van der Waals surface area contributed by atoms with Crippen molar-refractivity contribution in [2.24, 2.45) is 17.8 Å². The molecule has 2 amide bonds. The minimum Gasteiger partial charge on any atom is -0.456 e. The van der Waals surface area contributed by atoms with Crippen molar-refractivity contribution in [2.75, 3.05) is 6.61 Å². The fourth-order valence-electron chi connectivity index (χ4n) is 3.87. The molecular weight excluding hydrogens is 294 g/mol. The van der Waals surface area contributed by atoms with E-state index < -0.39 is 18.4 Å². The predicted molar refractivity (Wildman–Crippen MR) is 83.4 cm³/mol. The van der Waals surface area contributed by atoms with Gasteiger partial charge in [0.05, 0.1) is 0 Å². The smallest absolute Gasteiger partial charge is 0.306 e. The van der Waals surface area contributed by atoms with Crippen molar-refractivity contribution in [1.29, 1.82) is 0 Å². The highest BCUT2D eigenvalue weighted by molar-refractivity contribution is 6.05. The molecule has 0 saturated heterocycles. The second kappa shape index (κ2) is 6.94. The van der Waals surface area contributed by atoms with Crippen LogP contribution in [-0.4, -0.2) is 24.4 Å². The van der Waals surface area contributed by atoms with Crippen LogP contribution in [0.1, 0.15) is 42.5 Å². The van der Waals surface area contributed by atoms with Gasteiger partial charge in [-0.15, -0.1) is 0 Å². The Morgan fingerprint density at radius 2 is 1.87 bits per heavy atom. The third-order valence-electron chi connectivity index (χ3n) is 4.97. The van der Waals surface area contributed by atoms with E-state index >= 15 is 0 Å². The predicted octanol–water partition coefficient (Wildman–Crippen LogP) is 2.31. The van der Waals surface area contributed by atoms with Crippen LogP contribution < -0.4 is 5.32 Å². The number of ether oxygens (including phenoxy) is 1. The number of nitrogens with one attached hydrogen (secondary N) is 1. The van der Waals surface area contributed by atoms with Gasteiger partial charge in [0.25, 0.3) is 11.8 Å².